The number of amides is 3. The van der Waals surface area contributed by atoms with Crippen LogP contribution in [0.2, 0.25) is 0 Å². The molecule has 4 atom stereocenters. The molecule has 45 heavy (non-hydrogen) atoms. The molecule has 0 spiro atoms. The second-order valence-electron chi connectivity index (χ2n) is 14.3. The van der Waals surface area contributed by atoms with Crippen LogP contribution in [-0.2, 0) is 30.1 Å². The van der Waals surface area contributed by atoms with Crippen LogP contribution in [0.15, 0.2) is 24.3 Å². The molecule has 3 amide bonds. The third kappa shape index (κ3) is 11.2. The van der Waals surface area contributed by atoms with E-state index in [0.29, 0.717) is 18.7 Å². The van der Waals surface area contributed by atoms with E-state index >= 15 is 0 Å². The number of likely N-dealkylation sites (tertiary alicyclic amines) is 2. The van der Waals surface area contributed by atoms with Gasteiger partial charge in [-0.25, -0.2) is 19.2 Å². The zero-order valence-corrected chi connectivity index (χ0v) is 28.1. The summed E-state index contributed by atoms with van der Waals surface area (Å²) in [7, 11) is 1.56. The van der Waals surface area contributed by atoms with Gasteiger partial charge in [-0.2, -0.15) is 0 Å². The molecule has 2 aliphatic heterocycles. The van der Waals surface area contributed by atoms with Gasteiger partial charge in [-0.3, -0.25) is 4.90 Å². The number of methoxy groups -OCH3 is 1. The van der Waals surface area contributed by atoms with E-state index in [1.807, 2.05) is 12.1 Å². The molecule has 0 saturated carbocycles. The smallest absolute Gasteiger partial charge is 0.497 e. The van der Waals surface area contributed by atoms with Gasteiger partial charge in [-0.15, -0.1) is 0 Å². The Labute approximate surface area is 265 Å². The highest BCUT2D eigenvalue weighted by Crippen LogP contribution is 2.30. The summed E-state index contributed by atoms with van der Waals surface area (Å²) in [5, 5.41) is 2.81. The highest BCUT2D eigenvalue weighted by Gasteiger charge is 2.50. The SMILES string of the molecule is COc1ccc(C[C@@H]2[C@H](OC(=O)N[C@H]3CCN(C(=O)OC(C)(C)C)C3)[C@@H](OC(=O)OC(C)(C)C)CN2C(=O)OC(C)(C)C)cc1. The van der Waals surface area contributed by atoms with E-state index in [-0.39, 0.29) is 19.5 Å². The first-order valence-electron chi connectivity index (χ1n) is 15.2. The summed E-state index contributed by atoms with van der Waals surface area (Å²) >= 11 is 0. The number of ether oxygens (including phenoxy) is 6. The highest BCUT2D eigenvalue weighted by molar-refractivity contribution is 5.72. The number of nitrogens with one attached hydrogen (secondary N) is 1. The Morgan fingerprint density at radius 3 is 1.93 bits per heavy atom. The number of benzene rings is 1. The molecular weight excluding hydrogens is 586 g/mol. The minimum absolute atomic E-state index is 0.0945. The van der Waals surface area contributed by atoms with Crippen molar-refractivity contribution in [3.8, 4) is 5.75 Å². The first-order chi connectivity index (χ1) is 20.7. The number of carbonyl (C=O) groups excluding carboxylic acids is 4. The van der Waals surface area contributed by atoms with Crippen LogP contribution in [-0.4, -0.2) is 102 Å². The minimum atomic E-state index is -1.07. The largest absolute Gasteiger partial charge is 0.509 e. The summed E-state index contributed by atoms with van der Waals surface area (Å²) in [6.45, 7) is 16.3. The van der Waals surface area contributed by atoms with Crippen LogP contribution >= 0.6 is 0 Å². The molecule has 1 N–H and O–H groups in total. The lowest BCUT2D eigenvalue weighted by molar-refractivity contribution is -0.0520. The lowest BCUT2D eigenvalue weighted by Gasteiger charge is -2.30. The van der Waals surface area contributed by atoms with Crippen molar-refractivity contribution in [2.75, 3.05) is 26.7 Å². The van der Waals surface area contributed by atoms with Gasteiger partial charge in [0.05, 0.1) is 25.7 Å². The van der Waals surface area contributed by atoms with Gasteiger partial charge in [-0.05, 0) is 92.9 Å². The van der Waals surface area contributed by atoms with E-state index in [4.69, 9.17) is 28.4 Å². The van der Waals surface area contributed by atoms with Crippen molar-refractivity contribution in [1.29, 1.82) is 0 Å². The van der Waals surface area contributed by atoms with Gasteiger partial charge in [0.25, 0.3) is 0 Å². The first kappa shape index (κ1) is 35.6. The van der Waals surface area contributed by atoms with Gasteiger partial charge in [0.15, 0.2) is 12.2 Å². The Morgan fingerprint density at radius 2 is 1.38 bits per heavy atom. The number of carbonyl (C=O) groups is 4. The van der Waals surface area contributed by atoms with Gasteiger partial charge >= 0.3 is 24.4 Å². The maximum atomic E-state index is 13.4. The van der Waals surface area contributed by atoms with E-state index in [2.05, 4.69) is 5.32 Å². The molecule has 0 aromatic heterocycles. The third-order valence-corrected chi connectivity index (χ3v) is 6.80. The number of nitrogens with zero attached hydrogens (tertiary/aromatic N) is 2. The molecule has 2 saturated heterocycles. The quantitative estimate of drug-likeness (QED) is 0.324. The van der Waals surface area contributed by atoms with E-state index in [0.717, 1.165) is 5.56 Å². The second kappa shape index (κ2) is 14.0. The number of rotatable bonds is 6. The Morgan fingerprint density at radius 1 is 0.800 bits per heavy atom. The normalized spacial score (nSPS) is 22.0. The van der Waals surface area contributed by atoms with Crippen molar-refractivity contribution < 1.29 is 47.6 Å². The predicted molar refractivity (Wildman–Crippen MR) is 164 cm³/mol. The van der Waals surface area contributed by atoms with Gasteiger partial charge in [-0.1, -0.05) is 12.1 Å². The van der Waals surface area contributed by atoms with E-state index < -0.39 is 65.5 Å². The van der Waals surface area contributed by atoms with Crippen molar-refractivity contribution >= 4 is 24.4 Å². The zero-order chi connectivity index (χ0) is 33.7. The van der Waals surface area contributed by atoms with Crippen LogP contribution in [0.1, 0.15) is 74.3 Å². The predicted octanol–water partition coefficient (Wildman–Crippen LogP) is 5.28. The molecule has 0 aliphatic carbocycles. The third-order valence-electron chi connectivity index (χ3n) is 6.80. The van der Waals surface area contributed by atoms with Gasteiger partial charge in [0.2, 0.25) is 0 Å². The van der Waals surface area contributed by atoms with Crippen LogP contribution in [0.25, 0.3) is 0 Å². The average Bonchev–Trinajstić information content (AvgIpc) is 3.47. The Kier molecular flexibility index (Phi) is 11.1. The Balaban J connectivity index is 1.84. The fourth-order valence-corrected chi connectivity index (χ4v) is 4.97. The number of hydrogen-bond acceptors (Lipinski definition) is 10. The molecular formula is C32H49N3O10. The summed E-state index contributed by atoms with van der Waals surface area (Å²) in [5.74, 6) is 0.657. The highest BCUT2D eigenvalue weighted by atomic mass is 16.7. The summed E-state index contributed by atoms with van der Waals surface area (Å²) in [4.78, 5) is 55.0. The molecule has 1 aromatic carbocycles. The average molecular weight is 636 g/mol. The standard InChI is InChI=1S/C32H49N3O10/c1-30(2,3)43-27(37)34-16-15-21(18-34)33-26(36)42-25-23(17-20-11-13-22(40-10)14-12-20)35(28(38)44-31(4,5)6)19-24(25)41-29(39)45-32(7,8)9/h11-14,21,23-25H,15-19H2,1-10H3,(H,33,36)/t21-,23+,24-,25-/m0/s1. The second-order valence-corrected chi connectivity index (χ2v) is 14.3. The van der Waals surface area contributed by atoms with E-state index in [9.17, 15) is 19.2 Å². The lowest BCUT2D eigenvalue weighted by atomic mass is 10.0. The first-order valence-corrected chi connectivity index (χ1v) is 15.2. The van der Waals surface area contributed by atoms with Gasteiger partial charge in [0.1, 0.15) is 22.6 Å². The fourth-order valence-electron chi connectivity index (χ4n) is 4.97. The van der Waals surface area contributed by atoms with E-state index in [1.165, 1.54) is 9.80 Å². The molecule has 3 rings (SSSR count). The Bertz CT molecular complexity index is 1200. The van der Waals surface area contributed by atoms with Crippen molar-refractivity contribution in [1.82, 2.24) is 15.1 Å². The van der Waals surface area contributed by atoms with Gasteiger partial charge in [0, 0.05) is 13.1 Å². The summed E-state index contributed by atoms with van der Waals surface area (Å²) in [5.41, 5.74) is -1.46. The number of alkyl carbamates (subject to hydrolysis) is 1. The fraction of sp³-hybridized carbons (Fsp3) is 0.688. The molecule has 2 fully saturated rings. The zero-order valence-electron chi connectivity index (χ0n) is 28.1. The van der Waals surface area contributed by atoms with Gasteiger partial charge < -0.3 is 38.6 Å². The maximum Gasteiger partial charge on any atom is 0.509 e. The molecule has 1 aromatic rings. The number of hydrogen-bond donors (Lipinski definition) is 1. The van der Waals surface area contributed by atoms with E-state index in [1.54, 1.807) is 81.6 Å². The van der Waals surface area contributed by atoms with Crippen LogP contribution in [0.5, 0.6) is 5.75 Å². The van der Waals surface area contributed by atoms with Crippen LogP contribution in [0.3, 0.4) is 0 Å². The Hall–Kier alpha value is -3.90. The molecule has 13 heteroatoms. The van der Waals surface area contributed by atoms with Crippen LogP contribution in [0.4, 0.5) is 19.2 Å². The summed E-state index contributed by atoms with van der Waals surface area (Å²) in [6.07, 6.45) is -4.22. The summed E-state index contributed by atoms with van der Waals surface area (Å²) in [6, 6.07) is 6.11. The topological polar surface area (TPSA) is 142 Å². The van der Waals surface area contributed by atoms with Crippen molar-refractivity contribution in [2.24, 2.45) is 0 Å². The lowest BCUT2D eigenvalue weighted by Crippen LogP contribution is -2.47. The minimum Gasteiger partial charge on any atom is -0.497 e. The molecule has 13 nitrogen and oxygen atoms in total. The van der Waals surface area contributed by atoms with Crippen molar-refractivity contribution in [2.45, 2.75) is 116 Å². The molecule has 0 bridgehead atoms. The molecule has 2 heterocycles. The molecule has 0 unspecified atom stereocenters. The summed E-state index contributed by atoms with van der Waals surface area (Å²) < 4.78 is 33.4. The van der Waals surface area contributed by atoms with Crippen molar-refractivity contribution in [3.05, 3.63) is 29.8 Å². The van der Waals surface area contributed by atoms with Crippen molar-refractivity contribution in [3.63, 3.8) is 0 Å². The monoisotopic (exact) mass is 635 g/mol. The molecule has 252 valence electrons. The van der Waals surface area contributed by atoms with Crippen LogP contribution < -0.4 is 10.1 Å². The molecule has 2 aliphatic rings. The van der Waals surface area contributed by atoms with Crippen LogP contribution in [0, 0.1) is 0 Å². The molecule has 0 radical (unpaired) electrons. The maximum absolute atomic E-state index is 13.4.